The van der Waals surface area contributed by atoms with Crippen molar-refractivity contribution in [1.29, 1.82) is 0 Å². The highest BCUT2D eigenvalue weighted by atomic mass is 35.5. The molecular formula is C14H18Cl2N2O2. The number of anilines is 1. The van der Waals surface area contributed by atoms with Crippen molar-refractivity contribution >= 4 is 34.6 Å². The minimum atomic E-state index is -0.494. The van der Waals surface area contributed by atoms with Crippen LogP contribution < -0.4 is 5.32 Å². The Morgan fingerprint density at radius 3 is 2.30 bits per heavy atom. The maximum atomic E-state index is 10.7. The highest BCUT2D eigenvalue weighted by molar-refractivity contribution is 6.39. The van der Waals surface area contributed by atoms with Crippen LogP contribution in [0.2, 0.25) is 10.0 Å². The molecule has 0 bridgehead atoms. The molecule has 0 spiro atoms. The van der Waals surface area contributed by atoms with Gasteiger partial charge in [-0.3, -0.25) is 10.1 Å². The van der Waals surface area contributed by atoms with Crippen molar-refractivity contribution in [3.05, 3.63) is 32.3 Å². The minimum absolute atomic E-state index is 0.0865. The summed E-state index contributed by atoms with van der Waals surface area (Å²) in [6, 6.07) is 2.67. The first-order valence-corrected chi connectivity index (χ1v) is 7.60. The highest BCUT2D eigenvalue weighted by Crippen LogP contribution is 2.42. The summed E-state index contributed by atoms with van der Waals surface area (Å²) in [6.07, 6.45) is 6.05. The molecule has 1 aromatic rings. The van der Waals surface area contributed by atoms with Crippen LogP contribution in [0.5, 0.6) is 0 Å². The molecule has 1 fully saturated rings. The van der Waals surface area contributed by atoms with Gasteiger partial charge in [0.15, 0.2) is 0 Å². The summed E-state index contributed by atoms with van der Waals surface area (Å²) >= 11 is 12.2. The summed E-state index contributed by atoms with van der Waals surface area (Å²) in [4.78, 5) is 10.3. The van der Waals surface area contributed by atoms with E-state index < -0.39 is 4.92 Å². The molecule has 1 aliphatic rings. The maximum Gasteiger partial charge on any atom is 0.272 e. The van der Waals surface area contributed by atoms with E-state index in [2.05, 4.69) is 12.2 Å². The van der Waals surface area contributed by atoms with Gasteiger partial charge >= 0.3 is 0 Å². The van der Waals surface area contributed by atoms with Gasteiger partial charge in [-0.1, -0.05) is 43.0 Å². The van der Waals surface area contributed by atoms with E-state index in [1.807, 2.05) is 0 Å². The van der Waals surface area contributed by atoms with Gasteiger partial charge in [0.05, 0.1) is 20.7 Å². The number of hydrogen-bond donors (Lipinski definition) is 1. The molecule has 1 aromatic carbocycles. The zero-order valence-electron chi connectivity index (χ0n) is 11.4. The number of nitro benzene ring substituents is 1. The number of benzene rings is 1. The van der Waals surface area contributed by atoms with E-state index in [0.717, 1.165) is 13.0 Å². The number of nitrogens with zero attached hydrogens (tertiary/aromatic N) is 1. The van der Waals surface area contributed by atoms with Gasteiger partial charge < -0.3 is 5.32 Å². The van der Waals surface area contributed by atoms with Crippen molar-refractivity contribution in [3.63, 3.8) is 0 Å². The largest absolute Gasteiger partial charge is 0.382 e. The molecule has 0 radical (unpaired) electrons. The first-order chi connectivity index (χ1) is 9.47. The zero-order chi connectivity index (χ0) is 14.8. The molecule has 2 rings (SSSR count). The molecule has 0 atom stereocenters. The standard InChI is InChI=1S/C14H18Cl2N2O2/c1-2-14(5-3-4-6-14)9-17-13-11(15)7-10(18(19)20)8-12(13)16/h7-8,17H,2-6,9H2,1H3. The summed E-state index contributed by atoms with van der Waals surface area (Å²) in [7, 11) is 0. The Morgan fingerprint density at radius 2 is 1.85 bits per heavy atom. The van der Waals surface area contributed by atoms with Crippen molar-refractivity contribution in [2.24, 2.45) is 5.41 Å². The number of non-ortho nitro benzene ring substituents is 1. The molecule has 4 nitrogen and oxygen atoms in total. The van der Waals surface area contributed by atoms with Gasteiger partial charge in [-0.2, -0.15) is 0 Å². The Bertz CT molecular complexity index is 491. The minimum Gasteiger partial charge on any atom is -0.382 e. The van der Waals surface area contributed by atoms with Gasteiger partial charge in [0.1, 0.15) is 0 Å². The molecule has 0 amide bonds. The second-order valence-electron chi connectivity index (χ2n) is 5.46. The Hall–Kier alpha value is -1.00. The van der Waals surface area contributed by atoms with Crippen LogP contribution in [0.25, 0.3) is 0 Å². The lowest BCUT2D eigenvalue weighted by atomic mass is 9.83. The predicted octanol–water partition coefficient (Wildman–Crippen LogP) is 5.28. The third-order valence-electron chi connectivity index (χ3n) is 4.29. The quantitative estimate of drug-likeness (QED) is 0.593. The molecule has 1 aliphatic carbocycles. The van der Waals surface area contributed by atoms with E-state index in [4.69, 9.17) is 23.2 Å². The number of halogens is 2. The molecule has 0 heterocycles. The number of nitrogens with one attached hydrogen (secondary N) is 1. The first-order valence-electron chi connectivity index (χ1n) is 6.85. The van der Waals surface area contributed by atoms with E-state index in [-0.39, 0.29) is 5.69 Å². The van der Waals surface area contributed by atoms with Crippen LogP contribution in [0.15, 0.2) is 12.1 Å². The monoisotopic (exact) mass is 316 g/mol. The fraction of sp³-hybridized carbons (Fsp3) is 0.571. The Balaban J connectivity index is 2.15. The summed E-state index contributed by atoms with van der Waals surface area (Å²) in [5.74, 6) is 0. The van der Waals surface area contributed by atoms with Crippen molar-refractivity contribution in [1.82, 2.24) is 0 Å². The summed E-state index contributed by atoms with van der Waals surface area (Å²) < 4.78 is 0. The first kappa shape index (κ1) is 15.4. The van der Waals surface area contributed by atoms with E-state index in [1.165, 1.54) is 37.8 Å². The lowest BCUT2D eigenvalue weighted by Crippen LogP contribution is -2.26. The summed E-state index contributed by atoms with van der Waals surface area (Å²) in [5, 5.41) is 14.6. The lowest BCUT2D eigenvalue weighted by Gasteiger charge is -2.28. The maximum absolute atomic E-state index is 10.7. The van der Waals surface area contributed by atoms with Gasteiger partial charge in [0, 0.05) is 18.7 Å². The molecule has 1 saturated carbocycles. The van der Waals surface area contributed by atoms with Gasteiger partial charge in [0.2, 0.25) is 0 Å². The molecule has 20 heavy (non-hydrogen) atoms. The average Bonchev–Trinajstić information content (AvgIpc) is 2.87. The molecule has 0 unspecified atom stereocenters. The summed E-state index contributed by atoms with van der Waals surface area (Å²) in [6.45, 7) is 3.01. The smallest absolute Gasteiger partial charge is 0.272 e. The molecule has 0 saturated heterocycles. The molecule has 110 valence electrons. The van der Waals surface area contributed by atoms with E-state index in [9.17, 15) is 10.1 Å². The topological polar surface area (TPSA) is 55.2 Å². The van der Waals surface area contributed by atoms with E-state index >= 15 is 0 Å². The number of rotatable bonds is 5. The molecule has 1 N–H and O–H groups in total. The van der Waals surface area contributed by atoms with Gasteiger partial charge in [-0.05, 0) is 24.7 Å². The summed E-state index contributed by atoms with van der Waals surface area (Å²) in [5.41, 5.74) is 0.810. The van der Waals surface area contributed by atoms with E-state index in [0.29, 0.717) is 21.1 Å². The van der Waals surface area contributed by atoms with Crippen LogP contribution in [-0.2, 0) is 0 Å². The predicted molar refractivity (Wildman–Crippen MR) is 82.8 cm³/mol. The molecule has 0 aliphatic heterocycles. The molecule has 0 aromatic heterocycles. The lowest BCUT2D eigenvalue weighted by molar-refractivity contribution is -0.384. The van der Waals surface area contributed by atoms with Crippen LogP contribution in [0.3, 0.4) is 0 Å². The number of hydrogen-bond acceptors (Lipinski definition) is 3. The Morgan fingerprint density at radius 1 is 1.30 bits per heavy atom. The van der Waals surface area contributed by atoms with Gasteiger partial charge in [0.25, 0.3) is 5.69 Å². The Labute approximate surface area is 128 Å². The van der Waals surface area contributed by atoms with E-state index in [1.54, 1.807) is 0 Å². The SMILES string of the molecule is CCC1(CNc2c(Cl)cc([N+](=O)[O-])cc2Cl)CCCC1. The fourth-order valence-electron chi connectivity index (χ4n) is 2.89. The zero-order valence-corrected chi connectivity index (χ0v) is 12.9. The van der Waals surface area contributed by atoms with Crippen molar-refractivity contribution in [3.8, 4) is 0 Å². The van der Waals surface area contributed by atoms with Gasteiger partial charge in [-0.25, -0.2) is 0 Å². The fourth-order valence-corrected chi connectivity index (χ4v) is 3.50. The van der Waals surface area contributed by atoms with Crippen molar-refractivity contribution < 1.29 is 4.92 Å². The second-order valence-corrected chi connectivity index (χ2v) is 6.27. The second kappa shape index (κ2) is 6.19. The average molecular weight is 317 g/mol. The molecular weight excluding hydrogens is 299 g/mol. The van der Waals surface area contributed by atoms with Gasteiger partial charge in [-0.15, -0.1) is 0 Å². The molecule has 6 heteroatoms. The Kier molecular flexibility index (Phi) is 4.76. The van der Waals surface area contributed by atoms with Crippen LogP contribution in [0.4, 0.5) is 11.4 Å². The normalized spacial score (nSPS) is 17.1. The van der Waals surface area contributed by atoms with Crippen LogP contribution >= 0.6 is 23.2 Å². The van der Waals surface area contributed by atoms with Crippen molar-refractivity contribution in [2.45, 2.75) is 39.0 Å². The van der Waals surface area contributed by atoms with Crippen LogP contribution in [-0.4, -0.2) is 11.5 Å². The van der Waals surface area contributed by atoms with Crippen LogP contribution in [0, 0.1) is 15.5 Å². The van der Waals surface area contributed by atoms with Crippen LogP contribution in [0.1, 0.15) is 39.0 Å². The van der Waals surface area contributed by atoms with Crippen molar-refractivity contribution in [2.75, 3.05) is 11.9 Å². The third-order valence-corrected chi connectivity index (χ3v) is 4.89. The number of nitro groups is 1. The third kappa shape index (κ3) is 3.18. The highest BCUT2D eigenvalue weighted by Gasteiger charge is 2.32.